The standard InChI is InChI=1S/C30H37NO3/c1-5-28(23-11-9-8-10-12-23)29(24-13-17-26(33-4)18-14-24)30(32)25-15-19-27(20-16-25)34-22-21-31(6-2)7-3/h8-20,28-29H,5-7,21-22H2,1-4H3/t28-,29-/m1/s1. The normalized spacial score (nSPS) is 12.9. The molecule has 2 atom stereocenters. The Labute approximate surface area is 204 Å². The minimum absolute atomic E-state index is 0.0760. The van der Waals surface area contributed by atoms with E-state index < -0.39 is 0 Å². The molecule has 0 fully saturated rings. The van der Waals surface area contributed by atoms with Crippen molar-refractivity contribution in [1.82, 2.24) is 4.90 Å². The topological polar surface area (TPSA) is 38.8 Å². The molecule has 0 bridgehead atoms. The molecule has 34 heavy (non-hydrogen) atoms. The third kappa shape index (κ3) is 6.48. The number of ether oxygens (including phenoxy) is 2. The Balaban J connectivity index is 1.84. The van der Waals surface area contributed by atoms with Gasteiger partial charge in [-0.25, -0.2) is 0 Å². The summed E-state index contributed by atoms with van der Waals surface area (Å²) in [5.74, 6) is 1.49. The second kappa shape index (κ2) is 13.0. The van der Waals surface area contributed by atoms with Crippen molar-refractivity contribution in [3.63, 3.8) is 0 Å². The lowest BCUT2D eigenvalue weighted by atomic mass is 9.76. The number of benzene rings is 3. The van der Waals surface area contributed by atoms with Crippen molar-refractivity contribution in [3.8, 4) is 11.5 Å². The molecule has 3 aromatic carbocycles. The number of Topliss-reactive ketones (excluding diaryl/α,β-unsaturated/α-hetero) is 1. The number of hydrogen-bond acceptors (Lipinski definition) is 4. The summed E-state index contributed by atoms with van der Waals surface area (Å²) in [5, 5.41) is 0. The maximum absolute atomic E-state index is 13.9. The van der Waals surface area contributed by atoms with Crippen molar-refractivity contribution >= 4 is 5.78 Å². The summed E-state index contributed by atoms with van der Waals surface area (Å²) >= 11 is 0. The average Bonchev–Trinajstić information content (AvgIpc) is 2.90. The van der Waals surface area contributed by atoms with Gasteiger partial charge in [-0.15, -0.1) is 0 Å². The SMILES string of the molecule is CC[C@H](c1ccccc1)[C@H](C(=O)c1ccc(OCCN(CC)CC)cc1)c1ccc(OC)cc1. The van der Waals surface area contributed by atoms with Crippen LogP contribution in [0.3, 0.4) is 0 Å². The number of ketones is 1. The molecule has 3 rings (SSSR count). The van der Waals surface area contributed by atoms with E-state index in [1.165, 1.54) is 5.56 Å². The average molecular weight is 460 g/mol. The first-order valence-electron chi connectivity index (χ1n) is 12.3. The summed E-state index contributed by atoms with van der Waals surface area (Å²) < 4.78 is 11.3. The predicted molar refractivity (Wildman–Crippen MR) is 139 cm³/mol. The quantitative estimate of drug-likeness (QED) is 0.271. The summed E-state index contributed by atoms with van der Waals surface area (Å²) in [5.41, 5.74) is 2.88. The monoisotopic (exact) mass is 459 g/mol. The second-order valence-electron chi connectivity index (χ2n) is 8.44. The summed E-state index contributed by atoms with van der Waals surface area (Å²) in [7, 11) is 1.65. The Morgan fingerprint density at radius 1 is 0.794 bits per heavy atom. The zero-order chi connectivity index (χ0) is 24.3. The van der Waals surface area contributed by atoms with Crippen LogP contribution in [0.4, 0.5) is 0 Å². The second-order valence-corrected chi connectivity index (χ2v) is 8.44. The molecule has 3 aromatic rings. The number of carbonyl (C=O) groups is 1. The van der Waals surface area contributed by atoms with Crippen LogP contribution in [-0.2, 0) is 0 Å². The largest absolute Gasteiger partial charge is 0.497 e. The number of methoxy groups -OCH3 is 1. The van der Waals surface area contributed by atoms with Gasteiger partial charge in [-0.3, -0.25) is 4.79 Å². The van der Waals surface area contributed by atoms with E-state index in [-0.39, 0.29) is 17.6 Å². The molecule has 0 radical (unpaired) electrons. The molecule has 4 nitrogen and oxygen atoms in total. The van der Waals surface area contributed by atoms with E-state index in [2.05, 4.69) is 37.8 Å². The zero-order valence-corrected chi connectivity index (χ0v) is 20.9. The number of hydrogen-bond donors (Lipinski definition) is 0. The third-order valence-corrected chi connectivity index (χ3v) is 6.54. The van der Waals surface area contributed by atoms with Gasteiger partial charge in [-0.2, -0.15) is 0 Å². The maximum atomic E-state index is 13.9. The van der Waals surface area contributed by atoms with Gasteiger partial charge in [0.05, 0.1) is 13.0 Å². The van der Waals surface area contributed by atoms with Crippen LogP contribution in [0.25, 0.3) is 0 Å². The van der Waals surface area contributed by atoms with E-state index in [1.54, 1.807) is 7.11 Å². The smallest absolute Gasteiger partial charge is 0.170 e. The van der Waals surface area contributed by atoms with E-state index in [0.29, 0.717) is 12.2 Å². The molecule has 4 heteroatoms. The van der Waals surface area contributed by atoms with Crippen LogP contribution >= 0.6 is 0 Å². The molecule has 0 saturated heterocycles. The van der Waals surface area contributed by atoms with Gasteiger partial charge in [0, 0.05) is 12.1 Å². The summed E-state index contributed by atoms with van der Waals surface area (Å²) in [4.78, 5) is 16.2. The molecule has 0 saturated carbocycles. The van der Waals surface area contributed by atoms with E-state index in [9.17, 15) is 4.79 Å². The lowest BCUT2D eigenvalue weighted by molar-refractivity contribution is 0.0945. The number of nitrogens with zero attached hydrogens (tertiary/aromatic N) is 1. The Kier molecular flexibility index (Phi) is 9.72. The molecule has 0 unspecified atom stereocenters. The molecule has 0 aliphatic rings. The fraction of sp³-hybridized carbons (Fsp3) is 0.367. The first-order valence-corrected chi connectivity index (χ1v) is 12.3. The Hall–Kier alpha value is -3.11. The highest BCUT2D eigenvalue weighted by molar-refractivity contribution is 6.01. The molecule has 0 aliphatic carbocycles. The van der Waals surface area contributed by atoms with Gasteiger partial charge in [-0.1, -0.05) is 63.2 Å². The van der Waals surface area contributed by atoms with Crippen molar-refractivity contribution in [3.05, 3.63) is 95.6 Å². The minimum Gasteiger partial charge on any atom is -0.497 e. The third-order valence-electron chi connectivity index (χ3n) is 6.54. The molecule has 0 aromatic heterocycles. The Morgan fingerprint density at radius 3 is 1.97 bits per heavy atom. The van der Waals surface area contributed by atoms with Gasteiger partial charge in [0.15, 0.2) is 5.78 Å². The van der Waals surface area contributed by atoms with Gasteiger partial charge in [0.25, 0.3) is 0 Å². The molecule has 0 spiro atoms. The first kappa shape index (κ1) is 25.5. The van der Waals surface area contributed by atoms with Crippen LogP contribution in [-0.4, -0.2) is 44.0 Å². The maximum Gasteiger partial charge on any atom is 0.170 e. The number of carbonyl (C=O) groups excluding carboxylic acids is 1. The summed E-state index contributed by atoms with van der Waals surface area (Å²) in [6, 6.07) is 25.8. The lowest BCUT2D eigenvalue weighted by Gasteiger charge is -2.26. The van der Waals surface area contributed by atoms with Crippen molar-refractivity contribution in [2.24, 2.45) is 0 Å². The van der Waals surface area contributed by atoms with E-state index in [4.69, 9.17) is 9.47 Å². The van der Waals surface area contributed by atoms with Gasteiger partial charge < -0.3 is 14.4 Å². The first-order chi connectivity index (χ1) is 16.6. The van der Waals surface area contributed by atoms with E-state index in [1.807, 2.05) is 66.7 Å². The van der Waals surface area contributed by atoms with Gasteiger partial charge in [0.2, 0.25) is 0 Å². The molecule has 0 N–H and O–H groups in total. The van der Waals surface area contributed by atoms with E-state index in [0.717, 1.165) is 43.1 Å². The molecule has 0 heterocycles. The molecule has 0 aliphatic heterocycles. The van der Waals surface area contributed by atoms with Gasteiger partial charge in [-0.05, 0) is 73.0 Å². The van der Waals surface area contributed by atoms with Crippen molar-refractivity contribution in [2.75, 3.05) is 33.4 Å². The number of rotatable bonds is 13. The van der Waals surface area contributed by atoms with Crippen LogP contribution in [0.1, 0.15) is 60.5 Å². The minimum atomic E-state index is -0.284. The molecular formula is C30H37NO3. The van der Waals surface area contributed by atoms with E-state index >= 15 is 0 Å². The van der Waals surface area contributed by atoms with Crippen LogP contribution in [0.2, 0.25) is 0 Å². The van der Waals surface area contributed by atoms with Crippen molar-refractivity contribution < 1.29 is 14.3 Å². The zero-order valence-electron chi connectivity index (χ0n) is 20.9. The van der Waals surface area contributed by atoms with Gasteiger partial charge >= 0.3 is 0 Å². The summed E-state index contributed by atoms with van der Waals surface area (Å²) in [6.45, 7) is 10.0. The molecule has 180 valence electrons. The van der Waals surface area contributed by atoms with Crippen LogP contribution < -0.4 is 9.47 Å². The van der Waals surface area contributed by atoms with Crippen LogP contribution in [0, 0.1) is 0 Å². The van der Waals surface area contributed by atoms with Gasteiger partial charge in [0.1, 0.15) is 18.1 Å². The highest BCUT2D eigenvalue weighted by Gasteiger charge is 2.30. The van der Waals surface area contributed by atoms with Crippen LogP contribution in [0.5, 0.6) is 11.5 Å². The fourth-order valence-electron chi connectivity index (χ4n) is 4.47. The van der Waals surface area contributed by atoms with Crippen LogP contribution in [0.15, 0.2) is 78.9 Å². The number of likely N-dealkylation sites (N-methyl/N-ethyl adjacent to an activating group) is 1. The fourth-order valence-corrected chi connectivity index (χ4v) is 4.47. The van der Waals surface area contributed by atoms with Crippen molar-refractivity contribution in [1.29, 1.82) is 0 Å². The molecular weight excluding hydrogens is 422 g/mol. The lowest BCUT2D eigenvalue weighted by Crippen LogP contribution is -2.27. The Bertz CT molecular complexity index is 995. The molecule has 0 amide bonds. The Morgan fingerprint density at radius 2 is 1.41 bits per heavy atom. The summed E-state index contributed by atoms with van der Waals surface area (Å²) in [6.07, 6.45) is 0.860. The van der Waals surface area contributed by atoms with Crippen molar-refractivity contribution in [2.45, 2.75) is 39.0 Å². The predicted octanol–water partition coefficient (Wildman–Crippen LogP) is 6.58. The highest BCUT2D eigenvalue weighted by Crippen LogP contribution is 2.38. The highest BCUT2D eigenvalue weighted by atomic mass is 16.5.